The van der Waals surface area contributed by atoms with E-state index < -0.39 is 11.9 Å². The van der Waals surface area contributed by atoms with Gasteiger partial charge in [-0.05, 0) is 61.4 Å². The van der Waals surface area contributed by atoms with E-state index in [0.717, 1.165) is 0 Å². The van der Waals surface area contributed by atoms with Gasteiger partial charge in [0.1, 0.15) is 17.4 Å². The monoisotopic (exact) mass is 447 g/mol. The molecule has 0 N–H and O–H groups in total. The van der Waals surface area contributed by atoms with Gasteiger partial charge in [0.2, 0.25) is 5.91 Å². The number of benzene rings is 2. The molecular weight excluding hydrogens is 421 g/mol. The summed E-state index contributed by atoms with van der Waals surface area (Å²) in [6, 6.07) is 15.8. The first-order chi connectivity index (χ1) is 15.8. The van der Waals surface area contributed by atoms with Crippen LogP contribution in [0.25, 0.3) is 16.6 Å². The Morgan fingerprint density at radius 3 is 2.45 bits per heavy atom. The topological polar surface area (TPSA) is 68.3 Å². The summed E-state index contributed by atoms with van der Waals surface area (Å²) in [4.78, 5) is 33.3. The molecule has 0 spiro atoms. The molecule has 4 aromatic rings. The molecule has 0 aliphatic rings. The highest BCUT2D eigenvalue weighted by atomic mass is 19.1. The fourth-order valence-electron chi connectivity index (χ4n) is 3.89. The number of aromatic nitrogens is 2. The van der Waals surface area contributed by atoms with Crippen molar-refractivity contribution in [1.82, 2.24) is 14.5 Å². The van der Waals surface area contributed by atoms with Gasteiger partial charge in [0.15, 0.2) is 0 Å². The van der Waals surface area contributed by atoms with Crippen molar-refractivity contribution >= 4 is 16.8 Å². The smallest absolute Gasteiger partial charge is 0.266 e. The standard InChI is InChI=1S/C26H26FN3O3/c1-17(2)15-24(31)29(16-21-7-6-14-33-21)18(3)25-28-23-9-5-4-8-22(23)26(32)30(25)20-12-10-19(27)11-13-20/h4-14,17-18H,15-16H2,1-3H3. The summed E-state index contributed by atoms with van der Waals surface area (Å²) in [5.74, 6) is 0.723. The van der Waals surface area contributed by atoms with Crippen LogP contribution in [-0.2, 0) is 11.3 Å². The van der Waals surface area contributed by atoms with Crippen molar-refractivity contribution in [3.05, 3.63) is 94.7 Å². The number of carbonyl (C=O) groups is 1. The fraction of sp³-hybridized carbons (Fsp3) is 0.269. The van der Waals surface area contributed by atoms with Gasteiger partial charge in [-0.15, -0.1) is 0 Å². The zero-order valence-corrected chi connectivity index (χ0v) is 18.9. The summed E-state index contributed by atoms with van der Waals surface area (Å²) in [6.45, 7) is 6.05. The molecule has 0 bridgehead atoms. The lowest BCUT2D eigenvalue weighted by Gasteiger charge is -2.30. The maximum Gasteiger partial charge on any atom is 0.266 e. The van der Waals surface area contributed by atoms with Gasteiger partial charge in [-0.2, -0.15) is 0 Å². The summed E-state index contributed by atoms with van der Waals surface area (Å²) >= 11 is 0. The molecule has 1 atom stereocenters. The highest BCUT2D eigenvalue weighted by Gasteiger charge is 2.28. The molecule has 2 aromatic carbocycles. The summed E-state index contributed by atoms with van der Waals surface area (Å²) in [5, 5.41) is 0.448. The van der Waals surface area contributed by atoms with Crippen LogP contribution in [0.2, 0.25) is 0 Å². The molecular formula is C26H26FN3O3. The second-order valence-electron chi connectivity index (χ2n) is 8.48. The van der Waals surface area contributed by atoms with Gasteiger partial charge < -0.3 is 9.32 Å². The second kappa shape index (κ2) is 9.40. The average Bonchev–Trinajstić information content (AvgIpc) is 3.31. The molecule has 4 rings (SSSR count). The Hall–Kier alpha value is -3.74. The minimum absolute atomic E-state index is 0.0676. The molecule has 0 aliphatic heterocycles. The maximum atomic E-state index is 13.6. The number of carbonyl (C=O) groups excluding carboxylic acids is 1. The van der Waals surface area contributed by atoms with Crippen LogP contribution in [0, 0.1) is 11.7 Å². The lowest BCUT2D eigenvalue weighted by atomic mass is 10.1. The Kier molecular flexibility index (Phi) is 6.40. The van der Waals surface area contributed by atoms with Gasteiger partial charge >= 0.3 is 0 Å². The largest absolute Gasteiger partial charge is 0.467 e. The Bertz CT molecular complexity index is 1310. The quantitative estimate of drug-likeness (QED) is 0.388. The van der Waals surface area contributed by atoms with E-state index >= 15 is 0 Å². The molecule has 0 saturated carbocycles. The third kappa shape index (κ3) is 4.72. The third-order valence-corrected chi connectivity index (χ3v) is 5.54. The van der Waals surface area contributed by atoms with Gasteiger partial charge in [-0.3, -0.25) is 14.2 Å². The van der Waals surface area contributed by atoms with Crippen LogP contribution in [0.5, 0.6) is 0 Å². The van der Waals surface area contributed by atoms with Crippen molar-refractivity contribution in [2.24, 2.45) is 5.92 Å². The summed E-state index contributed by atoms with van der Waals surface area (Å²) in [6.07, 6.45) is 1.91. The van der Waals surface area contributed by atoms with E-state index in [4.69, 9.17) is 9.40 Å². The van der Waals surface area contributed by atoms with E-state index in [-0.39, 0.29) is 23.9 Å². The number of fused-ring (bicyclic) bond motifs is 1. The van der Waals surface area contributed by atoms with E-state index in [0.29, 0.717) is 34.6 Å². The Labute approximate surface area is 191 Å². The number of hydrogen-bond acceptors (Lipinski definition) is 4. The lowest BCUT2D eigenvalue weighted by Crippen LogP contribution is -2.37. The normalized spacial score (nSPS) is 12.3. The van der Waals surface area contributed by atoms with Crippen LogP contribution < -0.4 is 5.56 Å². The number of furan rings is 1. The highest BCUT2D eigenvalue weighted by Crippen LogP contribution is 2.26. The Balaban J connectivity index is 1.89. The zero-order chi connectivity index (χ0) is 23.5. The van der Waals surface area contributed by atoms with Gasteiger partial charge in [-0.1, -0.05) is 26.0 Å². The number of nitrogens with zero attached hydrogens (tertiary/aromatic N) is 3. The summed E-state index contributed by atoms with van der Waals surface area (Å²) in [7, 11) is 0. The number of halogens is 1. The van der Waals surface area contributed by atoms with Crippen LogP contribution in [0.3, 0.4) is 0 Å². The molecule has 1 amide bonds. The first-order valence-corrected chi connectivity index (χ1v) is 10.9. The van der Waals surface area contributed by atoms with Gasteiger partial charge in [0.05, 0.1) is 35.4 Å². The van der Waals surface area contributed by atoms with E-state index in [9.17, 15) is 14.0 Å². The van der Waals surface area contributed by atoms with Gasteiger partial charge in [0.25, 0.3) is 5.56 Å². The Morgan fingerprint density at radius 1 is 1.06 bits per heavy atom. The van der Waals surface area contributed by atoms with Gasteiger partial charge in [0, 0.05) is 6.42 Å². The molecule has 2 heterocycles. The molecule has 0 aliphatic carbocycles. The predicted octanol–water partition coefficient (Wildman–Crippen LogP) is 5.25. The van der Waals surface area contributed by atoms with Crippen molar-refractivity contribution in [2.75, 3.05) is 0 Å². The van der Waals surface area contributed by atoms with E-state index in [1.165, 1.54) is 28.8 Å². The molecule has 0 fully saturated rings. The van der Waals surface area contributed by atoms with Crippen LogP contribution >= 0.6 is 0 Å². The molecule has 33 heavy (non-hydrogen) atoms. The van der Waals surface area contributed by atoms with Crippen molar-refractivity contribution in [3.63, 3.8) is 0 Å². The number of amides is 1. The third-order valence-electron chi connectivity index (χ3n) is 5.54. The average molecular weight is 448 g/mol. The molecule has 1 unspecified atom stereocenters. The van der Waals surface area contributed by atoms with Crippen molar-refractivity contribution in [2.45, 2.75) is 39.8 Å². The van der Waals surface area contributed by atoms with E-state index in [1.807, 2.05) is 32.9 Å². The first-order valence-electron chi connectivity index (χ1n) is 10.9. The predicted molar refractivity (Wildman–Crippen MR) is 124 cm³/mol. The number of para-hydroxylation sites is 1. The van der Waals surface area contributed by atoms with Crippen molar-refractivity contribution in [3.8, 4) is 5.69 Å². The SMILES string of the molecule is CC(C)CC(=O)N(Cc1ccco1)C(C)c1nc2ccccc2c(=O)n1-c1ccc(F)cc1. The highest BCUT2D eigenvalue weighted by molar-refractivity contribution is 5.79. The van der Waals surface area contributed by atoms with Crippen LogP contribution in [0.1, 0.15) is 44.8 Å². The molecule has 0 radical (unpaired) electrons. The fourth-order valence-corrected chi connectivity index (χ4v) is 3.89. The molecule has 6 nitrogen and oxygen atoms in total. The second-order valence-corrected chi connectivity index (χ2v) is 8.48. The van der Waals surface area contributed by atoms with E-state index in [1.54, 1.807) is 35.4 Å². The molecule has 0 saturated heterocycles. The van der Waals surface area contributed by atoms with Crippen molar-refractivity contribution < 1.29 is 13.6 Å². The Morgan fingerprint density at radius 2 is 1.79 bits per heavy atom. The van der Waals surface area contributed by atoms with E-state index in [2.05, 4.69) is 0 Å². The van der Waals surface area contributed by atoms with Crippen molar-refractivity contribution in [1.29, 1.82) is 0 Å². The number of hydrogen-bond donors (Lipinski definition) is 0. The minimum Gasteiger partial charge on any atom is -0.467 e. The first kappa shape index (κ1) is 22.5. The van der Waals surface area contributed by atoms with Crippen LogP contribution in [-0.4, -0.2) is 20.4 Å². The van der Waals surface area contributed by atoms with Crippen LogP contribution in [0.4, 0.5) is 4.39 Å². The number of rotatable bonds is 7. The van der Waals surface area contributed by atoms with Gasteiger partial charge in [-0.25, -0.2) is 9.37 Å². The minimum atomic E-state index is -0.552. The molecule has 7 heteroatoms. The molecule has 2 aromatic heterocycles. The molecule has 170 valence electrons. The lowest BCUT2D eigenvalue weighted by molar-refractivity contribution is -0.135. The van der Waals surface area contributed by atoms with Crippen LogP contribution in [0.15, 0.2) is 76.1 Å². The summed E-state index contributed by atoms with van der Waals surface area (Å²) < 4.78 is 20.6. The summed E-state index contributed by atoms with van der Waals surface area (Å²) in [5.41, 5.74) is 0.746. The maximum absolute atomic E-state index is 13.6. The zero-order valence-electron chi connectivity index (χ0n) is 18.9.